The molecule has 6 nitrogen and oxygen atoms in total. The molecule has 2 aliphatic rings. The Hall–Kier alpha value is -1.95. The number of aryl methyl sites for hydroxylation is 1. The summed E-state index contributed by atoms with van der Waals surface area (Å²) in [7, 11) is 0. The van der Waals surface area contributed by atoms with Gasteiger partial charge in [-0.15, -0.1) is 0 Å². The summed E-state index contributed by atoms with van der Waals surface area (Å²) < 4.78 is 8.33. The van der Waals surface area contributed by atoms with Gasteiger partial charge < -0.3 is 9.64 Å². The van der Waals surface area contributed by atoms with Crippen molar-refractivity contribution in [1.82, 2.24) is 20.2 Å². The molecule has 1 spiro atoms. The molecule has 0 bridgehead atoms. The molecule has 1 aliphatic heterocycles. The summed E-state index contributed by atoms with van der Waals surface area (Å²) in [6, 6.07) is 8.29. The lowest BCUT2D eigenvalue weighted by atomic mass is 9.94. The highest BCUT2D eigenvalue weighted by molar-refractivity contribution is 5.43. The van der Waals surface area contributed by atoms with Gasteiger partial charge in [0.05, 0.1) is 23.4 Å². The van der Waals surface area contributed by atoms with Gasteiger partial charge in [0, 0.05) is 6.54 Å². The summed E-state index contributed by atoms with van der Waals surface area (Å²) in [6.45, 7) is 8.07. The van der Waals surface area contributed by atoms with Crippen molar-refractivity contribution in [3.63, 3.8) is 0 Å². The molecule has 4 rings (SSSR count). The second-order valence-corrected chi connectivity index (χ2v) is 7.83. The van der Waals surface area contributed by atoms with Crippen LogP contribution in [-0.4, -0.2) is 44.5 Å². The van der Waals surface area contributed by atoms with Gasteiger partial charge in [0.15, 0.2) is 0 Å². The molecular weight excluding hydrogens is 302 g/mol. The molecule has 24 heavy (non-hydrogen) atoms. The van der Waals surface area contributed by atoms with Crippen LogP contribution >= 0.6 is 0 Å². The quantitative estimate of drug-likeness (QED) is 0.849. The standard InChI is InChI=1S/C18H25N5O/c1-14-6-8-15(9-7-14)23-16(19-20-21-23)22-12-17(2,3)24-18(13-22)10-4-5-11-18/h6-9H,4-5,10-13H2,1-3H3. The minimum atomic E-state index is -0.202. The second-order valence-electron chi connectivity index (χ2n) is 7.83. The van der Waals surface area contributed by atoms with Gasteiger partial charge in [0.25, 0.3) is 5.95 Å². The van der Waals surface area contributed by atoms with E-state index in [1.807, 2.05) is 4.68 Å². The lowest BCUT2D eigenvalue weighted by molar-refractivity contribution is -0.148. The van der Waals surface area contributed by atoms with Gasteiger partial charge in [-0.05, 0) is 56.2 Å². The normalized spacial score (nSPS) is 22.2. The fourth-order valence-electron chi connectivity index (χ4n) is 4.17. The van der Waals surface area contributed by atoms with Gasteiger partial charge in [0.2, 0.25) is 0 Å². The summed E-state index contributed by atoms with van der Waals surface area (Å²) >= 11 is 0. The van der Waals surface area contributed by atoms with E-state index in [4.69, 9.17) is 4.74 Å². The Labute approximate surface area is 142 Å². The molecule has 1 aromatic carbocycles. The van der Waals surface area contributed by atoms with Gasteiger partial charge in [-0.25, -0.2) is 0 Å². The van der Waals surface area contributed by atoms with Gasteiger partial charge in [-0.2, -0.15) is 4.68 Å². The van der Waals surface area contributed by atoms with E-state index in [1.165, 1.54) is 18.4 Å². The van der Waals surface area contributed by atoms with E-state index in [2.05, 4.69) is 65.5 Å². The maximum atomic E-state index is 6.49. The summed E-state index contributed by atoms with van der Waals surface area (Å²) in [5, 5.41) is 12.5. The fourth-order valence-corrected chi connectivity index (χ4v) is 4.17. The number of hydrogen-bond acceptors (Lipinski definition) is 5. The van der Waals surface area contributed by atoms with E-state index in [0.29, 0.717) is 0 Å². The number of ether oxygens (including phenoxy) is 1. The second kappa shape index (κ2) is 5.55. The largest absolute Gasteiger partial charge is 0.365 e. The van der Waals surface area contributed by atoms with E-state index in [0.717, 1.165) is 37.6 Å². The zero-order valence-electron chi connectivity index (χ0n) is 14.7. The molecule has 2 fully saturated rings. The lowest BCUT2D eigenvalue weighted by Gasteiger charge is -2.48. The molecule has 2 aromatic rings. The Morgan fingerprint density at radius 3 is 2.46 bits per heavy atom. The molecule has 1 saturated heterocycles. The number of aromatic nitrogens is 4. The smallest absolute Gasteiger partial charge is 0.250 e. The first-order chi connectivity index (χ1) is 11.5. The number of hydrogen-bond donors (Lipinski definition) is 0. The van der Waals surface area contributed by atoms with Gasteiger partial charge in [-0.3, -0.25) is 0 Å². The van der Waals surface area contributed by atoms with Crippen LogP contribution in [0.25, 0.3) is 5.69 Å². The SMILES string of the molecule is Cc1ccc(-n2nnnc2N2CC(C)(C)OC3(CCCC3)C2)cc1. The third-order valence-corrected chi connectivity index (χ3v) is 5.07. The van der Waals surface area contributed by atoms with E-state index in [-0.39, 0.29) is 11.2 Å². The molecule has 0 unspecified atom stereocenters. The molecule has 6 heteroatoms. The zero-order chi connectivity index (χ0) is 16.8. The number of tetrazole rings is 1. The minimum Gasteiger partial charge on any atom is -0.365 e. The first kappa shape index (κ1) is 15.6. The van der Waals surface area contributed by atoms with Crippen LogP contribution in [0.3, 0.4) is 0 Å². The number of anilines is 1. The molecule has 0 radical (unpaired) electrons. The highest BCUT2D eigenvalue weighted by Crippen LogP contribution is 2.41. The lowest BCUT2D eigenvalue weighted by Crippen LogP contribution is -2.59. The van der Waals surface area contributed by atoms with Crippen molar-refractivity contribution < 1.29 is 4.74 Å². The first-order valence-corrected chi connectivity index (χ1v) is 8.77. The van der Waals surface area contributed by atoms with Crippen LogP contribution in [-0.2, 0) is 4.74 Å². The Morgan fingerprint density at radius 1 is 1.04 bits per heavy atom. The highest BCUT2D eigenvalue weighted by atomic mass is 16.5. The summed E-state index contributed by atoms with van der Waals surface area (Å²) in [5.41, 5.74) is 1.97. The molecule has 1 aliphatic carbocycles. The van der Waals surface area contributed by atoms with Crippen LogP contribution in [0.15, 0.2) is 24.3 Å². The van der Waals surface area contributed by atoms with Crippen molar-refractivity contribution >= 4 is 5.95 Å². The predicted octanol–water partition coefficient (Wildman–Crippen LogP) is 2.90. The summed E-state index contributed by atoms with van der Waals surface area (Å²) in [5.74, 6) is 0.807. The van der Waals surface area contributed by atoms with Gasteiger partial charge >= 0.3 is 0 Å². The van der Waals surface area contributed by atoms with Crippen molar-refractivity contribution in [2.45, 2.75) is 57.7 Å². The van der Waals surface area contributed by atoms with Gasteiger partial charge in [0.1, 0.15) is 0 Å². The third-order valence-electron chi connectivity index (χ3n) is 5.07. The topological polar surface area (TPSA) is 56.1 Å². The Morgan fingerprint density at radius 2 is 1.75 bits per heavy atom. The first-order valence-electron chi connectivity index (χ1n) is 8.77. The molecule has 2 heterocycles. The molecule has 1 saturated carbocycles. The van der Waals surface area contributed by atoms with Crippen molar-refractivity contribution in [2.75, 3.05) is 18.0 Å². The van der Waals surface area contributed by atoms with Crippen molar-refractivity contribution in [2.24, 2.45) is 0 Å². The van der Waals surface area contributed by atoms with Crippen LogP contribution in [0.1, 0.15) is 45.1 Å². The molecule has 1 aromatic heterocycles. The Kier molecular flexibility index (Phi) is 3.60. The van der Waals surface area contributed by atoms with Crippen molar-refractivity contribution in [3.8, 4) is 5.69 Å². The maximum Gasteiger partial charge on any atom is 0.250 e. The average molecular weight is 327 g/mol. The molecule has 0 atom stereocenters. The monoisotopic (exact) mass is 327 g/mol. The van der Waals surface area contributed by atoms with Crippen molar-refractivity contribution in [3.05, 3.63) is 29.8 Å². The number of morpholine rings is 1. The Bertz CT molecular complexity index is 715. The third kappa shape index (κ3) is 2.79. The van der Waals surface area contributed by atoms with Crippen LogP contribution in [0, 0.1) is 6.92 Å². The Balaban J connectivity index is 1.68. The van der Waals surface area contributed by atoms with E-state index in [1.54, 1.807) is 0 Å². The molecule has 0 amide bonds. The van der Waals surface area contributed by atoms with E-state index >= 15 is 0 Å². The number of rotatable bonds is 2. The maximum absolute atomic E-state index is 6.49. The summed E-state index contributed by atoms with van der Waals surface area (Å²) in [4.78, 5) is 2.30. The van der Waals surface area contributed by atoms with E-state index < -0.39 is 0 Å². The number of benzene rings is 1. The van der Waals surface area contributed by atoms with Gasteiger partial charge in [-0.1, -0.05) is 35.6 Å². The van der Waals surface area contributed by atoms with Crippen LogP contribution in [0.2, 0.25) is 0 Å². The molecular formula is C18H25N5O. The van der Waals surface area contributed by atoms with E-state index in [9.17, 15) is 0 Å². The zero-order valence-corrected chi connectivity index (χ0v) is 14.7. The molecule has 0 N–H and O–H groups in total. The fraction of sp³-hybridized carbons (Fsp3) is 0.611. The molecule has 128 valence electrons. The van der Waals surface area contributed by atoms with Crippen LogP contribution < -0.4 is 4.90 Å². The highest BCUT2D eigenvalue weighted by Gasteiger charge is 2.47. The minimum absolute atomic E-state index is 0.0498. The number of nitrogens with zero attached hydrogens (tertiary/aromatic N) is 5. The predicted molar refractivity (Wildman–Crippen MR) is 92.5 cm³/mol. The summed E-state index contributed by atoms with van der Waals surface area (Å²) in [6.07, 6.45) is 4.73. The average Bonchev–Trinajstić information content (AvgIpc) is 3.16. The van der Waals surface area contributed by atoms with Crippen molar-refractivity contribution in [1.29, 1.82) is 0 Å². The van der Waals surface area contributed by atoms with Crippen LogP contribution in [0.4, 0.5) is 5.95 Å². The van der Waals surface area contributed by atoms with Crippen LogP contribution in [0.5, 0.6) is 0 Å².